The van der Waals surface area contributed by atoms with Crippen LogP contribution < -0.4 is 10.6 Å². The van der Waals surface area contributed by atoms with E-state index in [1.54, 1.807) is 0 Å². The van der Waals surface area contributed by atoms with Crippen LogP contribution in [0.2, 0.25) is 0 Å². The molecule has 2 unspecified atom stereocenters. The van der Waals surface area contributed by atoms with Gasteiger partial charge in [-0.3, -0.25) is 14.4 Å². The molecule has 2 aliphatic rings. The van der Waals surface area contributed by atoms with Crippen LogP contribution in [-0.2, 0) is 19.1 Å². The van der Waals surface area contributed by atoms with Gasteiger partial charge in [0.05, 0.1) is 6.61 Å². The molecule has 7 nitrogen and oxygen atoms in total. The van der Waals surface area contributed by atoms with Crippen molar-refractivity contribution in [3.05, 3.63) is 0 Å². The predicted molar refractivity (Wildman–Crippen MR) is 121 cm³/mol. The summed E-state index contributed by atoms with van der Waals surface area (Å²) in [6.45, 7) is 10.7. The van der Waals surface area contributed by atoms with Crippen molar-refractivity contribution in [1.29, 1.82) is 0 Å². The number of aliphatic hydroxyl groups is 1. The lowest BCUT2D eigenvalue weighted by molar-refractivity contribution is -0.143. The first-order valence-electron chi connectivity index (χ1n) is 11.9. The minimum absolute atomic E-state index is 0.0152. The SMILES string of the molecule is CC1(C)CC(CCCCCO)C(=O)N1.CCOC(=O)CCCCC1CC(C)(C)NC1=O. The number of amides is 2. The quantitative estimate of drug-likeness (QED) is 0.337. The second kappa shape index (κ2) is 13.0. The van der Waals surface area contributed by atoms with Crippen LogP contribution in [0, 0.1) is 11.8 Å². The molecule has 0 aromatic rings. The molecule has 2 heterocycles. The number of hydrogen-bond acceptors (Lipinski definition) is 5. The maximum absolute atomic E-state index is 11.6. The molecule has 31 heavy (non-hydrogen) atoms. The molecular weight excluding hydrogens is 396 g/mol. The Morgan fingerprint density at radius 1 is 0.903 bits per heavy atom. The molecule has 180 valence electrons. The van der Waals surface area contributed by atoms with E-state index in [0.717, 1.165) is 57.8 Å². The molecule has 0 saturated carbocycles. The van der Waals surface area contributed by atoms with Gasteiger partial charge in [-0.05, 0) is 73.1 Å². The Balaban J connectivity index is 0.000000316. The fourth-order valence-corrected chi connectivity index (χ4v) is 4.43. The molecule has 0 radical (unpaired) electrons. The Morgan fingerprint density at radius 3 is 1.77 bits per heavy atom. The molecule has 2 atom stereocenters. The van der Waals surface area contributed by atoms with Crippen molar-refractivity contribution in [1.82, 2.24) is 10.6 Å². The van der Waals surface area contributed by atoms with Crippen LogP contribution in [0.25, 0.3) is 0 Å². The van der Waals surface area contributed by atoms with Gasteiger partial charge in [-0.2, -0.15) is 0 Å². The average Bonchev–Trinajstić information content (AvgIpc) is 3.08. The summed E-state index contributed by atoms with van der Waals surface area (Å²) in [4.78, 5) is 34.2. The summed E-state index contributed by atoms with van der Waals surface area (Å²) in [5.41, 5.74) is -0.0817. The lowest BCUT2D eigenvalue weighted by atomic mass is 9.92. The largest absolute Gasteiger partial charge is 0.466 e. The highest BCUT2D eigenvalue weighted by Gasteiger charge is 2.37. The topological polar surface area (TPSA) is 105 Å². The number of rotatable bonds is 11. The molecule has 0 bridgehead atoms. The summed E-state index contributed by atoms with van der Waals surface area (Å²) in [6, 6.07) is 0. The minimum atomic E-state index is -0.135. The standard InChI is InChI=1S/C13H23NO3.C11H21NO2/c1-4-17-11(15)8-6-5-7-10-9-13(2,3)14-12(10)16;1-11(2)8-9(10(14)12-11)6-4-3-5-7-13/h10H,4-9H2,1-3H3,(H,14,16);9,13H,3-8H2,1-2H3,(H,12,14). The molecule has 2 rings (SSSR count). The summed E-state index contributed by atoms with van der Waals surface area (Å²) < 4.78 is 4.85. The number of carbonyl (C=O) groups is 3. The Labute approximate surface area is 188 Å². The van der Waals surface area contributed by atoms with Crippen LogP contribution in [-0.4, -0.2) is 47.2 Å². The van der Waals surface area contributed by atoms with E-state index >= 15 is 0 Å². The third-order valence-electron chi connectivity index (χ3n) is 5.88. The first-order chi connectivity index (χ1) is 14.5. The van der Waals surface area contributed by atoms with E-state index in [0.29, 0.717) is 13.0 Å². The molecule has 0 aromatic carbocycles. The van der Waals surface area contributed by atoms with Gasteiger partial charge in [-0.15, -0.1) is 0 Å². The third-order valence-corrected chi connectivity index (χ3v) is 5.88. The number of nitrogens with one attached hydrogen (secondary N) is 2. The normalized spacial score (nSPS) is 23.5. The molecule has 3 N–H and O–H groups in total. The van der Waals surface area contributed by atoms with Gasteiger partial charge >= 0.3 is 5.97 Å². The van der Waals surface area contributed by atoms with Crippen LogP contribution in [0.15, 0.2) is 0 Å². The summed E-state index contributed by atoms with van der Waals surface area (Å²) in [6.07, 6.45) is 8.80. The van der Waals surface area contributed by atoms with Crippen molar-refractivity contribution in [3.63, 3.8) is 0 Å². The Kier molecular flexibility index (Phi) is 11.5. The summed E-state index contributed by atoms with van der Waals surface area (Å²) in [5.74, 6) is 0.546. The van der Waals surface area contributed by atoms with Gasteiger partial charge in [0.2, 0.25) is 11.8 Å². The maximum Gasteiger partial charge on any atom is 0.305 e. The second-order valence-electron chi connectivity index (χ2n) is 10.2. The third kappa shape index (κ3) is 11.0. The Hall–Kier alpha value is -1.63. The zero-order valence-electron chi connectivity index (χ0n) is 20.2. The second-order valence-corrected chi connectivity index (χ2v) is 10.2. The number of carbonyl (C=O) groups excluding carboxylic acids is 3. The molecular formula is C24H44N2O5. The van der Waals surface area contributed by atoms with Crippen LogP contribution in [0.3, 0.4) is 0 Å². The van der Waals surface area contributed by atoms with Crippen molar-refractivity contribution < 1.29 is 24.2 Å². The Morgan fingerprint density at radius 2 is 1.39 bits per heavy atom. The van der Waals surface area contributed by atoms with Crippen molar-refractivity contribution >= 4 is 17.8 Å². The van der Waals surface area contributed by atoms with Crippen molar-refractivity contribution in [2.45, 2.75) is 110 Å². The molecule has 7 heteroatoms. The highest BCUT2D eigenvalue weighted by molar-refractivity contribution is 5.82. The maximum atomic E-state index is 11.6. The fraction of sp³-hybridized carbons (Fsp3) is 0.875. The van der Waals surface area contributed by atoms with E-state index in [1.165, 1.54) is 0 Å². The van der Waals surface area contributed by atoms with Gasteiger partial charge in [0.25, 0.3) is 0 Å². The molecule has 2 fully saturated rings. The zero-order chi connectivity index (χ0) is 23.5. The first kappa shape index (κ1) is 27.4. The number of hydrogen-bond donors (Lipinski definition) is 3. The predicted octanol–water partition coefficient (Wildman–Crippen LogP) is 3.48. The van der Waals surface area contributed by atoms with E-state index < -0.39 is 0 Å². The van der Waals surface area contributed by atoms with Crippen molar-refractivity contribution in [3.8, 4) is 0 Å². The van der Waals surface area contributed by atoms with Gasteiger partial charge in [0.15, 0.2) is 0 Å². The van der Waals surface area contributed by atoms with E-state index in [2.05, 4.69) is 24.5 Å². The number of ether oxygens (including phenoxy) is 1. The molecule has 2 amide bonds. The van der Waals surface area contributed by atoms with Crippen LogP contribution >= 0.6 is 0 Å². The number of unbranched alkanes of at least 4 members (excludes halogenated alkanes) is 3. The highest BCUT2D eigenvalue weighted by atomic mass is 16.5. The van der Waals surface area contributed by atoms with E-state index in [1.807, 2.05) is 20.8 Å². The van der Waals surface area contributed by atoms with Gasteiger partial charge in [-0.1, -0.05) is 19.3 Å². The van der Waals surface area contributed by atoms with E-state index in [-0.39, 0.29) is 47.3 Å². The monoisotopic (exact) mass is 440 g/mol. The van der Waals surface area contributed by atoms with Crippen molar-refractivity contribution in [2.75, 3.05) is 13.2 Å². The van der Waals surface area contributed by atoms with Gasteiger partial charge in [-0.25, -0.2) is 0 Å². The highest BCUT2D eigenvalue weighted by Crippen LogP contribution is 2.29. The smallest absolute Gasteiger partial charge is 0.305 e. The summed E-state index contributed by atoms with van der Waals surface area (Å²) in [7, 11) is 0. The molecule has 0 spiro atoms. The average molecular weight is 441 g/mol. The van der Waals surface area contributed by atoms with Crippen LogP contribution in [0.1, 0.15) is 98.8 Å². The Bertz CT molecular complexity index is 589. The zero-order valence-corrected chi connectivity index (χ0v) is 20.2. The number of aliphatic hydroxyl groups excluding tert-OH is 1. The molecule has 0 aliphatic carbocycles. The fourth-order valence-electron chi connectivity index (χ4n) is 4.43. The minimum Gasteiger partial charge on any atom is -0.466 e. The number of esters is 1. The van der Waals surface area contributed by atoms with Crippen LogP contribution in [0.5, 0.6) is 0 Å². The van der Waals surface area contributed by atoms with Crippen LogP contribution in [0.4, 0.5) is 0 Å². The van der Waals surface area contributed by atoms with Crippen molar-refractivity contribution in [2.24, 2.45) is 11.8 Å². The van der Waals surface area contributed by atoms with Gasteiger partial charge in [0.1, 0.15) is 0 Å². The van der Waals surface area contributed by atoms with E-state index in [4.69, 9.17) is 9.84 Å². The molecule has 2 saturated heterocycles. The lowest BCUT2D eigenvalue weighted by Gasteiger charge is -2.16. The lowest BCUT2D eigenvalue weighted by Crippen LogP contribution is -2.34. The van der Waals surface area contributed by atoms with E-state index in [9.17, 15) is 14.4 Å². The molecule has 2 aliphatic heterocycles. The summed E-state index contributed by atoms with van der Waals surface area (Å²) in [5, 5.41) is 14.6. The van der Waals surface area contributed by atoms with Gasteiger partial charge < -0.3 is 20.5 Å². The first-order valence-corrected chi connectivity index (χ1v) is 11.9. The molecule has 0 aromatic heterocycles. The van der Waals surface area contributed by atoms with Gasteiger partial charge in [0, 0.05) is 35.9 Å². The summed E-state index contributed by atoms with van der Waals surface area (Å²) >= 11 is 0.